The third-order valence-corrected chi connectivity index (χ3v) is 4.90. The number of rotatable bonds is 6. The van der Waals surface area contributed by atoms with Gasteiger partial charge in [-0.15, -0.1) is 0 Å². The summed E-state index contributed by atoms with van der Waals surface area (Å²) in [7, 11) is 1.63. The standard InChI is InChI=1S/C19H26FNO2.C2H6/c1-5-15(6-2)17-11-18(23-4)13(3)19(22)21(17)12-14-7-9-16(20)10-8-14;1-2/h7-10,15,17H,5-6,11-12H2,1-4H3;1-2H3. The van der Waals surface area contributed by atoms with Crippen molar-refractivity contribution in [2.75, 3.05) is 7.11 Å². The Morgan fingerprint density at radius 2 is 1.76 bits per heavy atom. The molecular weight excluding hydrogens is 317 g/mol. The lowest BCUT2D eigenvalue weighted by Crippen LogP contribution is -2.47. The van der Waals surface area contributed by atoms with Gasteiger partial charge >= 0.3 is 0 Å². The van der Waals surface area contributed by atoms with Crippen LogP contribution >= 0.6 is 0 Å². The normalized spacial score (nSPS) is 17.5. The van der Waals surface area contributed by atoms with Gasteiger partial charge in [0.25, 0.3) is 5.91 Å². The first-order valence-corrected chi connectivity index (χ1v) is 9.30. The molecule has 25 heavy (non-hydrogen) atoms. The molecule has 0 saturated carbocycles. The van der Waals surface area contributed by atoms with Crippen molar-refractivity contribution < 1.29 is 13.9 Å². The Labute approximate surface area is 151 Å². The molecule has 1 unspecified atom stereocenters. The van der Waals surface area contributed by atoms with E-state index in [1.165, 1.54) is 12.1 Å². The van der Waals surface area contributed by atoms with Gasteiger partial charge in [-0.25, -0.2) is 4.39 Å². The lowest BCUT2D eigenvalue weighted by molar-refractivity contribution is -0.133. The number of halogens is 1. The van der Waals surface area contributed by atoms with Crippen molar-refractivity contribution in [3.05, 3.63) is 47.0 Å². The lowest BCUT2D eigenvalue weighted by Gasteiger charge is -2.40. The van der Waals surface area contributed by atoms with E-state index in [0.717, 1.165) is 30.6 Å². The molecule has 0 aliphatic carbocycles. The summed E-state index contributed by atoms with van der Waals surface area (Å²) in [5, 5.41) is 0. The van der Waals surface area contributed by atoms with Gasteiger partial charge in [0, 0.05) is 19.0 Å². The van der Waals surface area contributed by atoms with Gasteiger partial charge in [-0.3, -0.25) is 4.79 Å². The Balaban J connectivity index is 0.00000151. The fraction of sp³-hybridized carbons (Fsp3) is 0.571. The van der Waals surface area contributed by atoms with Gasteiger partial charge in [0.2, 0.25) is 0 Å². The average molecular weight is 349 g/mol. The van der Waals surface area contributed by atoms with Gasteiger partial charge in [-0.1, -0.05) is 52.7 Å². The monoisotopic (exact) mass is 349 g/mol. The van der Waals surface area contributed by atoms with Crippen molar-refractivity contribution in [3.8, 4) is 0 Å². The zero-order chi connectivity index (χ0) is 19.0. The predicted octanol–water partition coefficient (Wildman–Crippen LogP) is 5.31. The Morgan fingerprint density at radius 1 is 1.20 bits per heavy atom. The van der Waals surface area contributed by atoms with Crippen molar-refractivity contribution in [3.63, 3.8) is 0 Å². The number of methoxy groups -OCH3 is 1. The Kier molecular flexibility index (Phi) is 8.67. The number of hydrogen-bond acceptors (Lipinski definition) is 2. The van der Waals surface area contributed by atoms with Crippen molar-refractivity contribution in [1.29, 1.82) is 0 Å². The van der Waals surface area contributed by atoms with E-state index in [1.54, 1.807) is 19.2 Å². The number of carbonyl (C=O) groups excluding carboxylic acids is 1. The summed E-state index contributed by atoms with van der Waals surface area (Å²) in [6.45, 7) is 10.6. The van der Waals surface area contributed by atoms with Gasteiger partial charge in [0.15, 0.2) is 0 Å². The molecule has 0 spiro atoms. The third-order valence-electron chi connectivity index (χ3n) is 4.90. The van der Waals surface area contributed by atoms with Gasteiger partial charge in [-0.05, 0) is 30.5 Å². The number of nitrogens with zero attached hydrogens (tertiary/aromatic N) is 1. The number of carbonyl (C=O) groups is 1. The molecule has 0 radical (unpaired) electrons. The fourth-order valence-electron chi connectivity index (χ4n) is 3.40. The summed E-state index contributed by atoms with van der Waals surface area (Å²) in [6, 6.07) is 6.51. The van der Waals surface area contributed by atoms with Crippen LogP contribution in [-0.2, 0) is 16.1 Å². The quantitative estimate of drug-likeness (QED) is 0.696. The maximum atomic E-state index is 13.1. The molecule has 1 aromatic rings. The first-order valence-electron chi connectivity index (χ1n) is 9.30. The molecule has 1 aromatic carbocycles. The highest BCUT2D eigenvalue weighted by molar-refractivity contribution is 5.94. The average Bonchev–Trinajstić information content (AvgIpc) is 2.65. The highest BCUT2D eigenvalue weighted by Gasteiger charge is 2.36. The summed E-state index contributed by atoms with van der Waals surface area (Å²) >= 11 is 0. The topological polar surface area (TPSA) is 29.5 Å². The molecule has 140 valence electrons. The van der Waals surface area contributed by atoms with Crippen LogP contribution in [0.25, 0.3) is 0 Å². The molecule has 1 atom stereocenters. The Hall–Kier alpha value is -1.84. The van der Waals surface area contributed by atoms with Gasteiger partial charge in [-0.2, -0.15) is 0 Å². The summed E-state index contributed by atoms with van der Waals surface area (Å²) in [5.74, 6) is 0.988. The molecule has 0 fully saturated rings. The number of amides is 1. The minimum atomic E-state index is -0.256. The zero-order valence-electron chi connectivity index (χ0n) is 16.4. The molecule has 0 saturated heterocycles. The van der Waals surface area contributed by atoms with E-state index in [1.807, 2.05) is 25.7 Å². The van der Waals surface area contributed by atoms with Gasteiger partial charge in [0.1, 0.15) is 11.6 Å². The van der Waals surface area contributed by atoms with E-state index >= 15 is 0 Å². The predicted molar refractivity (Wildman–Crippen MR) is 100 cm³/mol. The molecule has 3 nitrogen and oxygen atoms in total. The lowest BCUT2D eigenvalue weighted by atomic mass is 9.86. The molecule has 0 N–H and O–H groups in total. The second-order valence-corrected chi connectivity index (χ2v) is 6.16. The summed E-state index contributed by atoms with van der Waals surface area (Å²) in [4.78, 5) is 14.8. The SMILES string of the molecule is CC.CCC(CC)C1CC(OC)=C(C)C(=O)N1Cc1ccc(F)cc1. The maximum Gasteiger partial charge on any atom is 0.253 e. The van der Waals surface area contributed by atoms with E-state index in [2.05, 4.69) is 13.8 Å². The molecule has 1 heterocycles. The molecule has 1 amide bonds. The van der Waals surface area contributed by atoms with E-state index in [4.69, 9.17) is 4.74 Å². The Bertz CT molecular complexity index is 576. The van der Waals surface area contributed by atoms with E-state index in [-0.39, 0.29) is 17.8 Å². The minimum Gasteiger partial charge on any atom is -0.501 e. The van der Waals surface area contributed by atoms with Gasteiger partial charge < -0.3 is 9.64 Å². The molecule has 0 aromatic heterocycles. The molecular formula is C21H32FNO2. The second kappa shape index (κ2) is 10.2. The smallest absolute Gasteiger partial charge is 0.253 e. The van der Waals surface area contributed by atoms with Crippen LogP contribution in [0.4, 0.5) is 4.39 Å². The molecule has 4 heteroatoms. The first kappa shape index (κ1) is 21.2. The minimum absolute atomic E-state index is 0.0225. The summed E-state index contributed by atoms with van der Waals surface area (Å²) in [6.07, 6.45) is 2.79. The van der Waals surface area contributed by atoms with Crippen LogP contribution in [0.2, 0.25) is 0 Å². The summed E-state index contributed by atoms with van der Waals surface area (Å²) in [5.41, 5.74) is 1.63. The van der Waals surface area contributed by atoms with Crippen molar-refractivity contribution in [2.45, 2.75) is 66.5 Å². The number of ether oxygens (including phenoxy) is 1. The van der Waals surface area contributed by atoms with Crippen molar-refractivity contribution in [1.82, 2.24) is 4.90 Å². The van der Waals surface area contributed by atoms with E-state index in [0.29, 0.717) is 18.0 Å². The van der Waals surface area contributed by atoms with Crippen LogP contribution < -0.4 is 0 Å². The highest BCUT2D eigenvalue weighted by atomic mass is 19.1. The molecule has 1 aliphatic rings. The largest absolute Gasteiger partial charge is 0.501 e. The first-order chi connectivity index (χ1) is 12.0. The van der Waals surface area contributed by atoms with Crippen molar-refractivity contribution in [2.24, 2.45) is 5.92 Å². The van der Waals surface area contributed by atoms with Crippen LogP contribution in [0.1, 0.15) is 59.4 Å². The second-order valence-electron chi connectivity index (χ2n) is 6.16. The van der Waals surface area contributed by atoms with Crippen LogP contribution in [0.5, 0.6) is 0 Å². The number of benzene rings is 1. The van der Waals surface area contributed by atoms with E-state index in [9.17, 15) is 9.18 Å². The zero-order valence-corrected chi connectivity index (χ0v) is 16.4. The molecule has 1 aliphatic heterocycles. The molecule has 2 rings (SSSR count). The van der Waals surface area contributed by atoms with Crippen LogP contribution in [0.3, 0.4) is 0 Å². The van der Waals surface area contributed by atoms with Crippen LogP contribution in [0.15, 0.2) is 35.6 Å². The number of hydrogen-bond donors (Lipinski definition) is 0. The van der Waals surface area contributed by atoms with Gasteiger partial charge in [0.05, 0.1) is 12.7 Å². The summed E-state index contributed by atoms with van der Waals surface area (Å²) < 4.78 is 18.6. The van der Waals surface area contributed by atoms with E-state index < -0.39 is 0 Å². The van der Waals surface area contributed by atoms with Crippen LogP contribution in [-0.4, -0.2) is 24.0 Å². The van der Waals surface area contributed by atoms with Crippen molar-refractivity contribution >= 4 is 5.91 Å². The maximum absolute atomic E-state index is 13.1. The highest BCUT2D eigenvalue weighted by Crippen LogP contribution is 2.33. The fourth-order valence-corrected chi connectivity index (χ4v) is 3.40. The third kappa shape index (κ3) is 5.07. The van der Waals surface area contributed by atoms with Crippen LogP contribution in [0, 0.1) is 11.7 Å². The Morgan fingerprint density at radius 3 is 2.24 bits per heavy atom. The molecule has 0 bridgehead atoms.